The van der Waals surface area contributed by atoms with Crippen LogP contribution in [0, 0.1) is 10.1 Å². The first kappa shape index (κ1) is 16.2. The van der Waals surface area contributed by atoms with Gasteiger partial charge in [0, 0.05) is 17.7 Å². The third-order valence-corrected chi connectivity index (χ3v) is 4.62. The van der Waals surface area contributed by atoms with E-state index in [4.69, 9.17) is 12.2 Å². The summed E-state index contributed by atoms with van der Waals surface area (Å²) in [5, 5.41) is 20.7. The van der Waals surface area contributed by atoms with Gasteiger partial charge in [-0.05, 0) is 24.3 Å². The van der Waals surface area contributed by atoms with Crippen molar-refractivity contribution in [3.63, 3.8) is 0 Å². The van der Waals surface area contributed by atoms with E-state index in [0.717, 1.165) is 11.8 Å². The summed E-state index contributed by atoms with van der Waals surface area (Å²) in [6, 6.07) is 12.6. The molecule has 0 spiro atoms. The minimum atomic E-state index is -0.564. The Morgan fingerprint density at radius 3 is 2.58 bits per heavy atom. The van der Waals surface area contributed by atoms with E-state index >= 15 is 0 Å². The number of nitrogens with zero attached hydrogens (tertiary/aromatic N) is 2. The lowest BCUT2D eigenvalue weighted by atomic mass is 10.1. The molecule has 1 N–H and O–H groups in total. The molecule has 1 heterocycles. The minimum Gasteiger partial charge on any atom is -0.507 e. The fourth-order valence-electron chi connectivity index (χ4n) is 2.18. The second-order valence-corrected chi connectivity index (χ2v) is 6.53. The topological polar surface area (TPSA) is 83.7 Å². The first-order chi connectivity index (χ1) is 11.5. The molecule has 3 rings (SSSR count). The quantitative estimate of drug-likeness (QED) is 0.390. The summed E-state index contributed by atoms with van der Waals surface area (Å²) in [7, 11) is 0. The first-order valence-corrected chi connectivity index (χ1v) is 8.00. The number of nitro benzene ring substituents is 1. The largest absolute Gasteiger partial charge is 0.507 e. The van der Waals surface area contributed by atoms with Gasteiger partial charge in [0.15, 0.2) is 4.32 Å². The predicted molar refractivity (Wildman–Crippen MR) is 96.9 cm³/mol. The Morgan fingerprint density at radius 1 is 1.21 bits per heavy atom. The third-order valence-electron chi connectivity index (χ3n) is 3.32. The summed E-state index contributed by atoms with van der Waals surface area (Å²) >= 11 is 6.33. The van der Waals surface area contributed by atoms with Gasteiger partial charge in [0.2, 0.25) is 0 Å². The van der Waals surface area contributed by atoms with Crippen LogP contribution in [0.25, 0.3) is 6.08 Å². The van der Waals surface area contributed by atoms with Crippen LogP contribution in [0.4, 0.5) is 11.4 Å². The molecule has 0 atom stereocenters. The monoisotopic (exact) mass is 358 g/mol. The third kappa shape index (κ3) is 3.01. The molecule has 0 bridgehead atoms. The number of hydrogen-bond acceptors (Lipinski definition) is 6. The van der Waals surface area contributed by atoms with Gasteiger partial charge in [-0.25, -0.2) is 0 Å². The number of nitro groups is 1. The highest BCUT2D eigenvalue weighted by Crippen LogP contribution is 2.37. The molecule has 0 unspecified atom stereocenters. The number of para-hydroxylation sites is 1. The van der Waals surface area contributed by atoms with Gasteiger partial charge >= 0.3 is 0 Å². The molecule has 24 heavy (non-hydrogen) atoms. The lowest BCUT2D eigenvalue weighted by molar-refractivity contribution is -0.384. The molecular formula is C16H10N2O4S2. The summed E-state index contributed by atoms with van der Waals surface area (Å²) < 4.78 is 0.363. The number of anilines is 1. The number of aromatic hydroxyl groups is 1. The first-order valence-electron chi connectivity index (χ1n) is 6.78. The zero-order chi connectivity index (χ0) is 17.3. The number of hydrogen-bond donors (Lipinski definition) is 1. The molecular weight excluding hydrogens is 348 g/mol. The van der Waals surface area contributed by atoms with E-state index in [1.165, 1.54) is 29.2 Å². The Kier molecular flexibility index (Phi) is 4.32. The predicted octanol–water partition coefficient (Wildman–Crippen LogP) is 3.71. The maximum atomic E-state index is 12.6. The van der Waals surface area contributed by atoms with Crippen LogP contribution < -0.4 is 4.90 Å². The van der Waals surface area contributed by atoms with E-state index in [0.29, 0.717) is 14.9 Å². The van der Waals surface area contributed by atoms with Crippen molar-refractivity contribution in [2.75, 3.05) is 4.90 Å². The standard InChI is InChI=1S/C16H10N2O4S2/c19-13-7-6-12(18(21)22)8-10(13)9-14-15(20)17(16(23)24-14)11-4-2-1-3-5-11/h1-9,19H/b14-9-. The number of phenolic OH excluding ortho intramolecular Hbond substituents is 1. The van der Waals surface area contributed by atoms with E-state index < -0.39 is 4.92 Å². The Balaban J connectivity index is 1.98. The van der Waals surface area contributed by atoms with Crippen molar-refractivity contribution >= 4 is 51.7 Å². The summed E-state index contributed by atoms with van der Waals surface area (Å²) in [5.41, 5.74) is 0.669. The van der Waals surface area contributed by atoms with Crippen LogP contribution in [0.3, 0.4) is 0 Å². The summed E-state index contributed by atoms with van der Waals surface area (Å²) in [6.07, 6.45) is 1.41. The number of carbonyl (C=O) groups is 1. The number of phenols is 1. The van der Waals surface area contributed by atoms with Crippen LogP contribution in [0.1, 0.15) is 5.56 Å². The smallest absolute Gasteiger partial charge is 0.270 e. The Bertz CT molecular complexity index is 881. The minimum absolute atomic E-state index is 0.148. The molecule has 1 aliphatic heterocycles. The van der Waals surface area contributed by atoms with Gasteiger partial charge in [-0.15, -0.1) is 0 Å². The molecule has 1 fully saturated rings. The summed E-state index contributed by atoms with van der Waals surface area (Å²) in [4.78, 5) is 24.6. The van der Waals surface area contributed by atoms with Crippen LogP contribution in [0.2, 0.25) is 0 Å². The Morgan fingerprint density at radius 2 is 1.92 bits per heavy atom. The van der Waals surface area contributed by atoms with Crippen LogP contribution in [-0.2, 0) is 4.79 Å². The lowest BCUT2D eigenvalue weighted by Crippen LogP contribution is -2.27. The Labute approximate surface area is 146 Å². The van der Waals surface area contributed by atoms with Crippen molar-refractivity contribution in [1.29, 1.82) is 0 Å². The maximum absolute atomic E-state index is 12.6. The van der Waals surface area contributed by atoms with E-state index in [9.17, 15) is 20.0 Å². The number of non-ortho nitro benzene ring substituents is 1. The molecule has 1 aliphatic rings. The number of benzene rings is 2. The second kappa shape index (κ2) is 6.42. The molecule has 0 radical (unpaired) electrons. The number of rotatable bonds is 3. The van der Waals surface area contributed by atoms with Gasteiger partial charge in [0.05, 0.1) is 15.5 Å². The molecule has 2 aromatic rings. The molecule has 8 heteroatoms. The van der Waals surface area contributed by atoms with Gasteiger partial charge < -0.3 is 5.11 Å². The van der Waals surface area contributed by atoms with Crippen molar-refractivity contribution in [2.45, 2.75) is 0 Å². The average molecular weight is 358 g/mol. The molecule has 120 valence electrons. The zero-order valence-electron chi connectivity index (χ0n) is 12.1. The van der Waals surface area contributed by atoms with E-state index in [1.807, 2.05) is 6.07 Å². The summed E-state index contributed by atoms with van der Waals surface area (Å²) in [5.74, 6) is -0.479. The van der Waals surface area contributed by atoms with Crippen molar-refractivity contribution in [2.24, 2.45) is 0 Å². The van der Waals surface area contributed by atoms with Crippen molar-refractivity contribution in [3.8, 4) is 5.75 Å². The molecule has 1 saturated heterocycles. The molecule has 2 aromatic carbocycles. The molecule has 0 saturated carbocycles. The fraction of sp³-hybridized carbons (Fsp3) is 0. The van der Waals surface area contributed by atoms with Gasteiger partial charge in [-0.1, -0.05) is 42.2 Å². The highest BCUT2D eigenvalue weighted by atomic mass is 32.2. The lowest BCUT2D eigenvalue weighted by Gasteiger charge is -2.13. The van der Waals surface area contributed by atoms with Crippen molar-refractivity contribution < 1.29 is 14.8 Å². The Hall–Kier alpha value is -2.71. The molecule has 6 nitrogen and oxygen atoms in total. The van der Waals surface area contributed by atoms with Crippen molar-refractivity contribution in [3.05, 3.63) is 69.1 Å². The molecule has 0 aliphatic carbocycles. The van der Waals surface area contributed by atoms with E-state index in [2.05, 4.69) is 0 Å². The molecule has 1 amide bonds. The highest BCUT2D eigenvalue weighted by Gasteiger charge is 2.33. The number of thioether (sulfide) groups is 1. The zero-order valence-corrected chi connectivity index (χ0v) is 13.7. The number of thiocarbonyl (C=S) groups is 1. The SMILES string of the molecule is O=C1/C(=C/c2cc([N+](=O)[O-])ccc2O)SC(=S)N1c1ccccc1. The van der Waals surface area contributed by atoms with Gasteiger partial charge in [0.1, 0.15) is 5.75 Å². The van der Waals surface area contributed by atoms with E-state index in [1.54, 1.807) is 24.3 Å². The van der Waals surface area contributed by atoms with Gasteiger partial charge in [-0.2, -0.15) is 0 Å². The maximum Gasteiger partial charge on any atom is 0.270 e. The number of carbonyl (C=O) groups excluding carboxylic acids is 1. The van der Waals surface area contributed by atoms with Crippen LogP contribution in [-0.4, -0.2) is 20.3 Å². The summed E-state index contributed by atoms with van der Waals surface area (Å²) in [6.45, 7) is 0. The highest BCUT2D eigenvalue weighted by molar-refractivity contribution is 8.27. The van der Waals surface area contributed by atoms with Gasteiger partial charge in [0.25, 0.3) is 11.6 Å². The number of amides is 1. The second-order valence-electron chi connectivity index (χ2n) is 4.85. The van der Waals surface area contributed by atoms with Crippen LogP contribution >= 0.6 is 24.0 Å². The fourth-order valence-corrected chi connectivity index (χ4v) is 3.47. The van der Waals surface area contributed by atoms with Crippen LogP contribution in [0.15, 0.2) is 53.4 Å². The normalized spacial score (nSPS) is 16.0. The average Bonchev–Trinajstić information content (AvgIpc) is 2.84. The molecule has 0 aromatic heterocycles. The van der Waals surface area contributed by atoms with Crippen LogP contribution in [0.5, 0.6) is 5.75 Å². The van der Waals surface area contributed by atoms with E-state index in [-0.39, 0.29) is 22.9 Å². The van der Waals surface area contributed by atoms with Gasteiger partial charge in [-0.3, -0.25) is 19.8 Å². The van der Waals surface area contributed by atoms with Crippen molar-refractivity contribution in [1.82, 2.24) is 0 Å².